The predicted octanol–water partition coefficient (Wildman–Crippen LogP) is 0.779. The van der Waals surface area contributed by atoms with Gasteiger partial charge in [-0.05, 0) is 0 Å². The summed E-state index contributed by atoms with van der Waals surface area (Å²) in [7, 11) is 0. The molecule has 5 heteroatoms. The molecule has 0 spiro atoms. The molecule has 2 N–H and O–H groups in total. The van der Waals surface area contributed by atoms with Crippen LogP contribution in [-0.4, -0.2) is 9.97 Å². The van der Waals surface area contributed by atoms with Crippen LogP contribution in [0.4, 0.5) is 0 Å². The van der Waals surface area contributed by atoms with E-state index >= 15 is 0 Å². The Labute approximate surface area is 71.9 Å². The van der Waals surface area contributed by atoms with Gasteiger partial charge in [0, 0.05) is 24.5 Å². The van der Waals surface area contributed by atoms with E-state index in [-0.39, 0.29) is 24.8 Å². The minimum Gasteiger partial charge on any atom is -0.326 e. The van der Waals surface area contributed by atoms with Gasteiger partial charge in [0.2, 0.25) is 0 Å². The van der Waals surface area contributed by atoms with Crippen molar-refractivity contribution in [1.29, 1.82) is 0 Å². The van der Waals surface area contributed by atoms with Gasteiger partial charge in [0.25, 0.3) is 0 Å². The lowest BCUT2D eigenvalue weighted by Gasteiger charge is -1.88. The van der Waals surface area contributed by atoms with Crippen molar-refractivity contribution < 1.29 is 0 Å². The molecule has 0 radical (unpaired) electrons. The van der Waals surface area contributed by atoms with Crippen LogP contribution in [0.3, 0.4) is 0 Å². The van der Waals surface area contributed by atoms with Crippen LogP contribution in [0.2, 0.25) is 0 Å². The van der Waals surface area contributed by atoms with E-state index in [9.17, 15) is 0 Å². The number of hydrogen-bond donors (Lipinski definition) is 1. The number of nitrogens with zero attached hydrogens (tertiary/aromatic N) is 2. The molecule has 0 aliphatic rings. The molecule has 1 rings (SSSR count). The molecule has 58 valence electrons. The highest BCUT2D eigenvalue weighted by Gasteiger charge is 1.82. The van der Waals surface area contributed by atoms with Gasteiger partial charge in [-0.15, -0.1) is 24.8 Å². The molecule has 0 saturated heterocycles. The lowest BCUT2D eigenvalue weighted by atomic mass is 10.4. The van der Waals surface area contributed by atoms with Gasteiger partial charge in [-0.2, -0.15) is 0 Å². The zero-order valence-electron chi connectivity index (χ0n) is 5.23. The van der Waals surface area contributed by atoms with E-state index in [0.29, 0.717) is 6.54 Å². The van der Waals surface area contributed by atoms with Gasteiger partial charge in [0.15, 0.2) is 0 Å². The van der Waals surface area contributed by atoms with Crippen molar-refractivity contribution in [3.63, 3.8) is 0 Å². The van der Waals surface area contributed by atoms with Crippen LogP contribution in [0, 0.1) is 0 Å². The van der Waals surface area contributed by atoms with E-state index in [2.05, 4.69) is 9.97 Å². The number of aromatic nitrogens is 2. The Hall–Kier alpha value is -0.380. The van der Waals surface area contributed by atoms with Gasteiger partial charge in [-0.3, -0.25) is 0 Å². The Bertz CT molecular complexity index is 156. The van der Waals surface area contributed by atoms with E-state index in [1.165, 1.54) is 6.33 Å². The van der Waals surface area contributed by atoms with E-state index in [1.807, 2.05) is 0 Å². The SMILES string of the molecule is Cl.Cl.NCc1cncnc1. The third kappa shape index (κ3) is 3.61. The highest BCUT2D eigenvalue weighted by Crippen LogP contribution is 1.86. The first-order chi connectivity index (χ1) is 3.93. The normalized spacial score (nSPS) is 7.30. The van der Waals surface area contributed by atoms with Crippen molar-refractivity contribution in [2.75, 3.05) is 0 Å². The Morgan fingerprint density at radius 1 is 1.20 bits per heavy atom. The molecule has 0 atom stereocenters. The maximum Gasteiger partial charge on any atom is 0.115 e. The molecule has 0 unspecified atom stereocenters. The Morgan fingerprint density at radius 3 is 2.00 bits per heavy atom. The number of hydrogen-bond acceptors (Lipinski definition) is 3. The van der Waals surface area contributed by atoms with Crippen LogP contribution in [-0.2, 0) is 6.54 Å². The topological polar surface area (TPSA) is 51.8 Å². The van der Waals surface area contributed by atoms with Crippen LogP contribution in [0.1, 0.15) is 5.56 Å². The summed E-state index contributed by atoms with van der Waals surface area (Å²) in [6, 6.07) is 0. The molecular weight excluding hydrogens is 173 g/mol. The lowest BCUT2D eigenvalue weighted by Crippen LogP contribution is -1.96. The molecule has 1 heterocycles. The third-order valence-corrected chi connectivity index (χ3v) is 0.850. The van der Waals surface area contributed by atoms with Gasteiger partial charge in [-0.25, -0.2) is 9.97 Å². The zero-order valence-corrected chi connectivity index (χ0v) is 6.86. The quantitative estimate of drug-likeness (QED) is 0.698. The van der Waals surface area contributed by atoms with Crippen molar-refractivity contribution in [3.8, 4) is 0 Å². The van der Waals surface area contributed by atoms with Crippen molar-refractivity contribution in [3.05, 3.63) is 24.3 Å². The van der Waals surface area contributed by atoms with Gasteiger partial charge in [0.05, 0.1) is 0 Å². The van der Waals surface area contributed by atoms with E-state index in [1.54, 1.807) is 12.4 Å². The predicted molar refractivity (Wildman–Crippen MR) is 44.4 cm³/mol. The fourth-order valence-electron chi connectivity index (χ4n) is 0.435. The average Bonchev–Trinajstić information content (AvgIpc) is 1.90. The van der Waals surface area contributed by atoms with Crippen LogP contribution >= 0.6 is 24.8 Å². The Morgan fingerprint density at radius 2 is 1.70 bits per heavy atom. The second-order valence-corrected chi connectivity index (χ2v) is 1.45. The fraction of sp³-hybridized carbons (Fsp3) is 0.200. The molecule has 0 amide bonds. The largest absolute Gasteiger partial charge is 0.326 e. The molecule has 1 aromatic rings. The highest BCUT2D eigenvalue weighted by molar-refractivity contribution is 5.85. The van der Waals surface area contributed by atoms with Gasteiger partial charge in [-0.1, -0.05) is 0 Å². The van der Waals surface area contributed by atoms with Gasteiger partial charge < -0.3 is 5.73 Å². The Kier molecular flexibility index (Phi) is 8.29. The fourth-order valence-corrected chi connectivity index (χ4v) is 0.435. The van der Waals surface area contributed by atoms with Crippen molar-refractivity contribution in [2.24, 2.45) is 5.73 Å². The Balaban J connectivity index is 0. The van der Waals surface area contributed by atoms with Crippen LogP contribution < -0.4 is 5.73 Å². The van der Waals surface area contributed by atoms with Gasteiger partial charge in [0.1, 0.15) is 6.33 Å². The molecule has 0 aromatic carbocycles. The summed E-state index contributed by atoms with van der Waals surface area (Å²) >= 11 is 0. The molecule has 0 bridgehead atoms. The maximum atomic E-state index is 5.27. The third-order valence-electron chi connectivity index (χ3n) is 0.850. The number of rotatable bonds is 1. The monoisotopic (exact) mass is 181 g/mol. The minimum absolute atomic E-state index is 0. The molecule has 1 aromatic heterocycles. The van der Waals surface area contributed by atoms with E-state index < -0.39 is 0 Å². The summed E-state index contributed by atoms with van der Waals surface area (Å²) in [5.41, 5.74) is 6.24. The molecule has 0 saturated carbocycles. The number of halogens is 2. The molecule has 3 nitrogen and oxygen atoms in total. The average molecular weight is 182 g/mol. The van der Waals surface area contributed by atoms with Gasteiger partial charge >= 0.3 is 0 Å². The highest BCUT2D eigenvalue weighted by atomic mass is 35.5. The molecule has 0 fully saturated rings. The summed E-state index contributed by atoms with van der Waals surface area (Å²) in [6.45, 7) is 0.515. The molecule has 10 heavy (non-hydrogen) atoms. The first-order valence-corrected chi connectivity index (χ1v) is 2.37. The van der Waals surface area contributed by atoms with Crippen molar-refractivity contribution in [2.45, 2.75) is 6.54 Å². The standard InChI is InChI=1S/C5H7N3.2ClH/c6-1-5-2-7-4-8-3-5;;/h2-4H,1,6H2;2*1H. The summed E-state index contributed by atoms with van der Waals surface area (Å²) in [5.74, 6) is 0. The van der Waals surface area contributed by atoms with Crippen LogP contribution in [0.5, 0.6) is 0 Å². The molecular formula is C5H9Cl2N3. The van der Waals surface area contributed by atoms with Crippen molar-refractivity contribution >= 4 is 24.8 Å². The maximum absolute atomic E-state index is 5.27. The number of nitrogens with two attached hydrogens (primary N) is 1. The minimum atomic E-state index is 0. The van der Waals surface area contributed by atoms with Crippen LogP contribution in [0.15, 0.2) is 18.7 Å². The summed E-state index contributed by atoms with van der Waals surface area (Å²) in [4.78, 5) is 7.53. The summed E-state index contributed by atoms with van der Waals surface area (Å²) in [5, 5.41) is 0. The van der Waals surface area contributed by atoms with Crippen LogP contribution in [0.25, 0.3) is 0 Å². The molecule has 0 aliphatic carbocycles. The van der Waals surface area contributed by atoms with E-state index in [0.717, 1.165) is 5.56 Å². The van der Waals surface area contributed by atoms with E-state index in [4.69, 9.17) is 5.73 Å². The second kappa shape index (κ2) is 6.74. The molecule has 0 aliphatic heterocycles. The first kappa shape index (κ1) is 12.3. The summed E-state index contributed by atoms with van der Waals surface area (Å²) < 4.78 is 0. The zero-order chi connectivity index (χ0) is 5.82. The first-order valence-electron chi connectivity index (χ1n) is 2.37. The summed E-state index contributed by atoms with van der Waals surface area (Å²) in [6.07, 6.45) is 4.89. The second-order valence-electron chi connectivity index (χ2n) is 1.45. The lowest BCUT2D eigenvalue weighted by molar-refractivity contribution is 1.01. The van der Waals surface area contributed by atoms with Crippen molar-refractivity contribution in [1.82, 2.24) is 9.97 Å². The smallest absolute Gasteiger partial charge is 0.115 e.